The highest BCUT2D eigenvalue weighted by atomic mass is 19.3. The molecule has 2 aromatic carbocycles. The number of hydrazone groups is 1. The number of alkyl halides is 2. The molecule has 0 radical (unpaired) electrons. The Hall–Kier alpha value is -2.96. The van der Waals surface area contributed by atoms with E-state index in [4.69, 9.17) is 0 Å². The summed E-state index contributed by atoms with van der Waals surface area (Å²) in [5.74, 6) is -0.253. The number of hydrogen-bond acceptors (Lipinski definition) is 4. The van der Waals surface area contributed by atoms with E-state index in [1.807, 2.05) is 12.1 Å². The Kier molecular flexibility index (Phi) is 7.28. The van der Waals surface area contributed by atoms with E-state index in [9.17, 15) is 13.6 Å². The van der Waals surface area contributed by atoms with E-state index in [-0.39, 0.29) is 11.7 Å². The van der Waals surface area contributed by atoms with Gasteiger partial charge in [0.1, 0.15) is 5.75 Å². The number of ether oxygens (including phenoxy) is 1. The lowest BCUT2D eigenvalue weighted by molar-refractivity contribution is -0.0498. The number of anilines is 1. The van der Waals surface area contributed by atoms with Gasteiger partial charge in [0.25, 0.3) is 5.91 Å². The predicted molar refractivity (Wildman–Crippen MR) is 103 cm³/mol. The van der Waals surface area contributed by atoms with E-state index in [1.54, 1.807) is 31.2 Å². The third-order valence-corrected chi connectivity index (χ3v) is 4.08. The summed E-state index contributed by atoms with van der Waals surface area (Å²) < 4.78 is 28.6. The standard InChI is InChI=1S/C20H23F2N3O2/c1-4-25(5-2)17-10-6-16(7-11-17)19(26)24-23-14(3)15-8-12-18(13-9-15)27-20(21)22/h6-13,20H,4-5H2,1-3H3,(H,24,26)/b23-14-. The fourth-order valence-corrected chi connectivity index (χ4v) is 2.55. The molecule has 1 amide bonds. The van der Waals surface area contributed by atoms with Crippen LogP contribution in [-0.2, 0) is 0 Å². The molecule has 0 unspecified atom stereocenters. The van der Waals surface area contributed by atoms with Gasteiger partial charge in [0, 0.05) is 24.3 Å². The second kappa shape index (κ2) is 9.66. The Labute approximate surface area is 157 Å². The summed E-state index contributed by atoms with van der Waals surface area (Å²) in [6.07, 6.45) is 0. The lowest BCUT2D eigenvalue weighted by Gasteiger charge is -2.20. The van der Waals surface area contributed by atoms with Crippen LogP contribution in [-0.4, -0.2) is 31.3 Å². The highest BCUT2D eigenvalue weighted by molar-refractivity contribution is 6.01. The van der Waals surface area contributed by atoms with E-state index in [0.717, 1.165) is 18.8 Å². The molecule has 0 aliphatic carbocycles. The Morgan fingerprint density at radius 1 is 1.04 bits per heavy atom. The van der Waals surface area contributed by atoms with Crippen LogP contribution in [0.1, 0.15) is 36.7 Å². The highest BCUT2D eigenvalue weighted by Crippen LogP contribution is 2.16. The third kappa shape index (κ3) is 5.77. The maximum atomic E-state index is 12.2. The van der Waals surface area contributed by atoms with Crippen LogP contribution in [0, 0.1) is 0 Å². The molecule has 7 heteroatoms. The SMILES string of the molecule is CCN(CC)c1ccc(C(=O)N/N=C(/C)c2ccc(OC(F)F)cc2)cc1. The number of halogens is 2. The molecule has 0 atom stereocenters. The van der Waals surface area contributed by atoms with Crippen molar-refractivity contribution in [2.24, 2.45) is 5.10 Å². The molecular formula is C20H23F2N3O2. The van der Waals surface area contributed by atoms with Gasteiger partial charge in [-0.2, -0.15) is 13.9 Å². The second-order valence-corrected chi connectivity index (χ2v) is 5.76. The number of carbonyl (C=O) groups excluding carboxylic acids is 1. The van der Waals surface area contributed by atoms with Crippen LogP contribution in [0.5, 0.6) is 5.75 Å². The van der Waals surface area contributed by atoms with Gasteiger partial charge in [-0.25, -0.2) is 5.43 Å². The summed E-state index contributed by atoms with van der Waals surface area (Å²) in [5, 5.41) is 4.07. The average molecular weight is 375 g/mol. The Bertz CT molecular complexity index is 771. The molecule has 0 fully saturated rings. The summed E-state index contributed by atoms with van der Waals surface area (Å²) in [6, 6.07) is 13.4. The fourth-order valence-electron chi connectivity index (χ4n) is 2.55. The highest BCUT2D eigenvalue weighted by Gasteiger charge is 2.08. The van der Waals surface area contributed by atoms with Crippen LogP contribution in [0.2, 0.25) is 0 Å². The first-order valence-corrected chi connectivity index (χ1v) is 8.69. The van der Waals surface area contributed by atoms with Crippen molar-refractivity contribution in [3.63, 3.8) is 0 Å². The Morgan fingerprint density at radius 3 is 2.11 bits per heavy atom. The van der Waals surface area contributed by atoms with Gasteiger partial charge in [-0.15, -0.1) is 0 Å². The zero-order valence-electron chi connectivity index (χ0n) is 15.6. The molecule has 0 saturated heterocycles. The first-order valence-electron chi connectivity index (χ1n) is 8.69. The molecule has 2 rings (SSSR count). The van der Waals surface area contributed by atoms with Gasteiger partial charge in [0.15, 0.2) is 0 Å². The van der Waals surface area contributed by atoms with Crippen LogP contribution in [0.25, 0.3) is 0 Å². The molecule has 144 valence electrons. The van der Waals surface area contributed by atoms with Crippen LogP contribution < -0.4 is 15.1 Å². The molecule has 0 aromatic heterocycles. The molecule has 5 nitrogen and oxygen atoms in total. The topological polar surface area (TPSA) is 53.9 Å². The van der Waals surface area contributed by atoms with Gasteiger partial charge in [0.2, 0.25) is 0 Å². The maximum absolute atomic E-state index is 12.2. The number of benzene rings is 2. The molecule has 1 N–H and O–H groups in total. The summed E-state index contributed by atoms with van der Waals surface area (Å²) in [6.45, 7) is 4.80. The molecule has 0 aliphatic heterocycles. The molecule has 0 saturated carbocycles. The maximum Gasteiger partial charge on any atom is 0.387 e. The Morgan fingerprint density at radius 2 is 1.59 bits per heavy atom. The second-order valence-electron chi connectivity index (χ2n) is 5.76. The summed E-state index contributed by atoms with van der Waals surface area (Å²) in [4.78, 5) is 14.4. The quantitative estimate of drug-likeness (QED) is 0.553. The minimum atomic E-state index is -2.86. The number of hydrogen-bond donors (Lipinski definition) is 1. The number of rotatable bonds is 8. The molecule has 2 aromatic rings. The van der Waals surface area contributed by atoms with Crippen molar-refractivity contribution in [3.05, 3.63) is 59.7 Å². The van der Waals surface area contributed by atoms with Crippen molar-refractivity contribution in [2.75, 3.05) is 18.0 Å². The largest absolute Gasteiger partial charge is 0.435 e. The van der Waals surface area contributed by atoms with Crippen LogP contribution >= 0.6 is 0 Å². The van der Waals surface area contributed by atoms with E-state index in [0.29, 0.717) is 16.8 Å². The van der Waals surface area contributed by atoms with E-state index in [1.165, 1.54) is 12.1 Å². The summed E-state index contributed by atoms with van der Waals surface area (Å²) in [5.41, 5.74) is 5.30. The Balaban J connectivity index is 2.00. The van der Waals surface area contributed by atoms with Crippen LogP contribution in [0.3, 0.4) is 0 Å². The van der Waals surface area contributed by atoms with Crippen LogP contribution in [0.15, 0.2) is 53.6 Å². The minimum Gasteiger partial charge on any atom is -0.435 e. The predicted octanol–water partition coefficient (Wildman–Crippen LogP) is 4.29. The number of nitrogens with one attached hydrogen (secondary N) is 1. The summed E-state index contributed by atoms with van der Waals surface area (Å²) >= 11 is 0. The first kappa shape index (κ1) is 20.4. The molecule has 0 bridgehead atoms. The number of carbonyl (C=O) groups is 1. The molecular weight excluding hydrogens is 352 g/mol. The zero-order chi connectivity index (χ0) is 19.8. The van der Waals surface area contributed by atoms with Crippen molar-refractivity contribution < 1.29 is 18.3 Å². The van der Waals surface area contributed by atoms with Gasteiger partial charge in [-0.3, -0.25) is 4.79 Å². The lowest BCUT2D eigenvalue weighted by Crippen LogP contribution is -2.22. The minimum absolute atomic E-state index is 0.0684. The normalized spacial score (nSPS) is 11.4. The summed E-state index contributed by atoms with van der Waals surface area (Å²) in [7, 11) is 0. The van der Waals surface area contributed by atoms with Crippen molar-refractivity contribution in [1.82, 2.24) is 5.43 Å². The monoisotopic (exact) mass is 375 g/mol. The third-order valence-electron chi connectivity index (χ3n) is 4.08. The lowest BCUT2D eigenvalue weighted by atomic mass is 10.1. The van der Waals surface area contributed by atoms with Crippen molar-refractivity contribution >= 4 is 17.3 Å². The smallest absolute Gasteiger partial charge is 0.387 e. The zero-order valence-corrected chi connectivity index (χ0v) is 15.6. The number of amides is 1. The van der Waals surface area contributed by atoms with Gasteiger partial charge >= 0.3 is 6.61 Å². The number of nitrogens with zero attached hydrogens (tertiary/aromatic N) is 2. The molecule has 0 spiro atoms. The van der Waals surface area contributed by atoms with Crippen molar-refractivity contribution in [2.45, 2.75) is 27.4 Å². The molecule has 0 heterocycles. The van der Waals surface area contributed by atoms with Gasteiger partial charge in [-0.05, 0) is 74.9 Å². The molecule has 27 heavy (non-hydrogen) atoms. The van der Waals surface area contributed by atoms with Gasteiger partial charge < -0.3 is 9.64 Å². The van der Waals surface area contributed by atoms with Crippen molar-refractivity contribution in [3.8, 4) is 5.75 Å². The average Bonchev–Trinajstić information content (AvgIpc) is 2.67. The van der Waals surface area contributed by atoms with E-state index >= 15 is 0 Å². The van der Waals surface area contributed by atoms with Crippen molar-refractivity contribution in [1.29, 1.82) is 0 Å². The van der Waals surface area contributed by atoms with E-state index < -0.39 is 6.61 Å². The van der Waals surface area contributed by atoms with Gasteiger partial charge in [0.05, 0.1) is 5.71 Å². The fraction of sp³-hybridized carbons (Fsp3) is 0.300. The molecule has 0 aliphatic rings. The van der Waals surface area contributed by atoms with Crippen LogP contribution in [0.4, 0.5) is 14.5 Å². The van der Waals surface area contributed by atoms with E-state index in [2.05, 4.69) is 34.0 Å². The first-order chi connectivity index (χ1) is 12.9. The van der Waals surface area contributed by atoms with Gasteiger partial charge in [-0.1, -0.05) is 0 Å².